The van der Waals surface area contributed by atoms with Crippen LogP contribution in [-0.4, -0.2) is 0 Å². The van der Waals surface area contributed by atoms with Crippen molar-refractivity contribution in [2.45, 2.75) is 62.1 Å². The summed E-state index contributed by atoms with van der Waals surface area (Å²) in [5, 5.41) is 1.34. The van der Waals surface area contributed by atoms with Crippen LogP contribution in [0.4, 0.5) is 0 Å². The van der Waals surface area contributed by atoms with Gasteiger partial charge in [0.1, 0.15) is 16.0 Å². The van der Waals surface area contributed by atoms with Crippen molar-refractivity contribution >= 4 is 21.6 Å². The maximum atomic E-state index is 6.30. The monoisotopic (exact) mass is 352 g/mol. The Morgan fingerprint density at radius 2 is 1.24 bits per heavy atom. The molecule has 25 heavy (non-hydrogen) atoms. The van der Waals surface area contributed by atoms with Gasteiger partial charge in [-0.15, -0.1) is 4.57 Å². The lowest BCUT2D eigenvalue weighted by Gasteiger charge is -2.21. The summed E-state index contributed by atoms with van der Waals surface area (Å²) < 4.78 is 10.1. The van der Waals surface area contributed by atoms with Crippen LogP contribution in [0, 0.1) is 55.4 Å². The van der Waals surface area contributed by atoms with Gasteiger partial charge in [0.25, 0.3) is 11.7 Å². The van der Waals surface area contributed by atoms with Crippen LogP contribution < -0.4 is 9.30 Å². The highest BCUT2D eigenvalue weighted by Crippen LogP contribution is 2.45. The highest BCUT2D eigenvalue weighted by Gasteiger charge is 2.35. The van der Waals surface area contributed by atoms with Crippen molar-refractivity contribution in [3.8, 4) is 16.3 Å². The first-order valence-corrected chi connectivity index (χ1v) is 9.73. The molecule has 0 fully saturated rings. The lowest BCUT2D eigenvalue weighted by atomic mass is 9.93. The minimum absolute atomic E-state index is 0.605. The Labute approximate surface area is 154 Å². The molecule has 130 valence electrons. The molecule has 0 spiro atoms. The molecule has 2 heterocycles. The van der Waals surface area contributed by atoms with Gasteiger partial charge in [-0.2, -0.15) is 0 Å². The van der Waals surface area contributed by atoms with Crippen molar-refractivity contribution in [2.75, 3.05) is 0 Å². The average Bonchev–Trinajstić information content (AvgIpc) is 3.00. The molecule has 3 heteroatoms. The van der Waals surface area contributed by atoms with Crippen LogP contribution in [0.3, 0.4) is 0 Å². The summed E-state index contributed by atoms with van der Waals surface area (Å²) in [6.07, 6.45) is 0. The number of hydrogen-bond donors (Lipinski definition) is 0. The van der Waals surface area contributed by atoms with Crippen molar-refractivity contribution in [1.29, 1.82) is 0 Å². The molecular weight excluding hydrogens is 326 g/mol. The summed E-state index contributed by atoms with van der Waals surface area (Å²) in [6.45, 7) is 18.5. The Hall–Kier alpha value is -1.87. The van der Waals surface area contributed by atoms with Gasteiger partial charge < -0.3 is 4.74 Å². The molecule has 0 atom stereocenters. The first-order chi connectivity index (χ1) is 11.8. The van der Waals surface area contributed by atoms with Crippen LogP contribution in [0.15, 0.2) is 0 Å². The second-order valence-corrected chi connectivity index (χ2v) is 8.49. The molecule has 1 aliphatic heterocycles. The third-order valence-corrected chi connectivity index (χ3v) is 7.82. The van der Waals surface area contributed by atoms with E-state index in [2.05, 4.69) is 60.0 Å². The van der Waals surface area contributed by atoms with Crippen molar-refractivity contribution < 1.29 is 9.30 Å². The van der Waals surface area contributed by atoms with E-state index in [1.54, 1.807) is 0 Å². The van der Waals surface area contributed by atoms with Gasteiger partial charge in [-0.1, -0.05) is 11.3 Å². The number of hydrogen-bond acceptors (Lipinski definition) is 2. The largest absolute Gasteiger partial charge is 0.435 e. The van der Waals surface area contributed by atoms with E-state index in [4.69, 9.17) is 4.74 Å². The second-order valence-electron chi connectivity index (χ2n) is 7.49. The van der Waals surface area contributed by atoms with Crippen LogP contribution in [-0.2, 0) is 6.73 Å². The summed E-state index contributed by atoms with van der Waals surface area (Å²) in [4.78, 5) is 0. The van der Waals surface area contributed by atoms with Crippen molar-refractivity contribution in [3.05, 3.63) is 44.5 Å². The van der Waals surface area contributed by atoms with Crippen LogP contribution >= 0.6 is 11.3 Å². The Kier molecular flexibility index (Phi) is 3.52. The first-order valence-electron chi connectivity index (χ1n) is 8.91. The van der Waals surface area contributed by atoms with E-state index in [9.17, 15) is 0 Å². The third-order valence-electron chi connectivity index (χ3n) is 6.49. The third kappa shape index (κ3) is 1.99. The Bertz CT molecular complexity index is 1070. The fourth-order valence-corrected chi connectivity index (χ4v) is 5.58. The SMILES string of the molecule is Cc1c(C)c(C)c2c(c1C)OC[n+]1c-2sc2c(C)c(C)c(C)c(C)c21. The van der Waals surface area contributed by atoms with E-state index in [0.29, 0.717) is 6.73 Å². The van der Waals surface area contributed by atoms with Crippen molar-refractivity contribution in [1.82, 2.24) is 0 Å². The number of fused-ring (bicyclic) bond motifs is 5. The van der Waals surface area contributed by atoms with Crippen molar-refractivity contribution in [3.63, 3.8) is 0 Å². The van der Waals surface area contributed by atoms with E-state index in [0.717, 1.165) is 5.75 Å². The van der Waals surface area contributed by atoms with Gasteiger partial charge in [-0.05, 0) is 94.3 Å². The number of thiazole rings is 1. The molecule has 0 unspecified atom stereocenters. The van der Waals surface area contributed by atoms with Gasteiger partial charge in [-0.3, -0.25) is 0 Å². The Balaban J connectivity index is 2.18. The van der Waals surface area contributed by atoms with Gasteiger partial charge in [-0.25, -0.2) is 0 Å². The number of nitrogens with zero attached hydrogens (tertiary/aromatic N) is 1. The van der Waals surface area contributed by atoms with Crippen LogP contribution in [0.2, 0.25) is 0 Å². The van der Waals surface area contributed by atoms with Crippen LogP contribution in [0.1, 0.15) is 44.5 Å². The van der Waals surface area contributed by atoms with E-state index >= 15 is 0 Å². The zero-order chi connectivity index (χ0) is 18.2. The van der Waals surface area contributed by atoms with E-state index in [1.807, 2.05) is 11.3 Å². The standard InChI is InChI=1S/C22H26NOS/c1-10-12(3)16(7)20-18(14(10)5)22-23(9-24-20)19-15(6)11(2)13(4)17(8)21(19)25-22/h9H2,1-8H3/q+1. The molecule has 0 bridgehead atoms. The fraction of sp³-hybridized carbons (Fsp3) is 0.409. The molecule has 0 N–H and O–H groups in total. The van der Waals surface area contributed by atoms with E-state index < -0.39 is 0 Å². The molecule has 2 aromatic carbocycles. The number of ether oxygens (including phenoxy) is 1. The van der Waals surface area contributed by atoms with Gasteiger partial charge in [0.2, 0.25) is 5.52 Å². The molecule has 1 aromatic heterocycles. The average molecular weight is 353 g/mol. The van der Waals surface area contributed by atoms with Crippen LogP contribution in [0.25, 0.3) is 20.8 Å². The molecule has 0 saturated heterocycles. The minimum Gasteiger partial charge on any atom is -0.435 e. The summed E-state index contributed by atoms with van der Waals surface area (Å²) in [5.41, 5.74) is 13.6. The molecule has 0 aliphatic carbocycles. The normalized spacial score (nSPS) is 13.0. The number of aryl methyl sites for hydroxylation is 2. The summed E-state index contributed by atoms with van der Waals surface area (Å²) in [7, 11) is 0. The van der Waals surface area contributed by atoms with Gasteiger partial charge >= 0.3 is 0 Å². The minimum atomic E-state index is 0.605. The van der Waals surface area contributed by atoms with Gasteiger partial charge in [0, 0.05) is 5.56 Å². The molecule has 2 nitrogen and oxygen atoms in total. The van der Waals surface area contributed by atoms with E-state index in [-0.39, 0.29) is 0 Å². The zero-order valence-electron chi connectivity index (χ0n) is 16.5. The van der Waals surface area contributed by atoms with Crippen LogP contribution in [0.5, 0.6) is 5.75 Å². The zero-order valence-corrected chi connectivity index (χ0v) is 17.3. The molecule has 0 saturated carbocycles. The van der Waals surface area contributed by atoms with Crippen molar-refractivity contribution in [2.24, 2.45) is 0 Å². The predicted octanol–water partition coefficient (Wildman–Crippen LogP) is 5.67. The topological polar surface area (TPSA) is 13.1 Å². The summed E-state index contributed by atoms with van der Waals surface area (Å²) in [5.74, 6) is 1.08. The molecular formula is C22H26NOS+. The number of aromatic nitrogens is 1. The quantitative estimate of drug-likeness (QED) is 0.475. The van der Waals surface area contributed by atoms with Gasteiger partial charge in [0.15, 0.2) is 0 Å². The molecule has 4 rings (SSSR count). The van der Waals surface area contributed by atoms with Gasteiger partial charge in [0.05, 0.1) is 0 Å². The maximum Gasteiger partial charge on any atom is 0.294 e. The first kappa shape index (κ1) is 16.6. The highest BCUT2D eigenvalue weighted by molar-refractivity contribution is 7.21. The second kappa shape index (κ2) is 5.31. The molecule has 3 aromatic rings. The number of benzene rings is 2. The fourth-order valence-electron chi connectivity index (χ4n) is 4.12. The lowest BCUT2D eigenvalue weighted by molar-refractivity contribution is -0.690. The molecule has 0 amide bonds. The molecule has 1 aliphatic rings. The maximum absolute atomic E-state index is 6.30. The summed E-state index contributed by atoms with van der Waals surface area (Å²) >= 11 is 1.93. The highest BCUT2D eigenvalue weighted by atomic mass is 32.1. The van der Waals surface area contributed by atoms with E-state index in [1.165, 1.54) is 65.3 Å². The summed E-state index contributed by atoms with van der Waals surface area (Å²) in [6, 6.07) is 0. The predicted molar refractivity (Wildman–Crippen MR) is 106 cm³/mol. The lowest BCUT2D eigenvalue weighted by Crippen LogP contribution is -2.41. The number of rotatable bonds is 0. The molecule has 0 radical (unpaired) electrons. The Morgan fingerprint density at radius 1 is 0.680 bits per heavy atom. The smallest absolute Gasteiger partial charge is 0.294 e. The Morgan fingerprint density at radius 3 is 1.92 bits per heavy atom.